The summed E-state index contributed by atoms with van der Waals surface area (Å²) in [6.45, 7) is 13.5. The summed E-state index contributed by atoms with van der Waals surface area (Å²) in [5.74, 6) is 0.523. The average molecular weight is 580 g/mol. The first-order valence-corrected chi connectivity index (χ1v) is 17.4. The number of hydrogen-bond donors (Lipinski definition) is 0. The van der Waals surface area contributed by atoms with E-state index in [1.54, 1.807) is 0 Å². The Bertz CT molecular complexity index is 1230. The molecule has 3 rings (SSSR count). The van der Waals surface area contributed by atoms with Crippen molar-refractivity contribution in [1.82, 2.24) is 0 Å². The minimum Gasteiger partial charge on any atom is -0.377 e. The number of hydrogen-bond acceptors (Lipinski definition) is 1. The lowest BCUT2D eigenvalue weighted by Gasteiger charge is -2.27. The van der Waals surface area contributed by atoms with Crippen molar-refractivity contribution in [3.63, 3.8) is 0 Å². The molecule has 0 fully saturated rings. The monoisotopic (exact) mass is 579 g/mol. The molecule has 0 heterocycles. The van der Waals surface area contributed by atoms with Crippen molar-refractivity contribution in [2.24, 2.45) is 5.92 Å². The van der Waals surface area contributed by atoms with Crippen molar-refractivity contribution in [3.8, 4) is 0 Å². The Labute approximate surface area is 257 Å². The van der Waals surface area contributed by atoms with Crippen LogP contribution < -0.4 is 15.9 Å². The van der Waals surface area contributed by atoms with Gasteiger partial charge in [0.15, 0.2) is 0 Å². The van der Waals surface area contributed by atoms with Gasteiger partial charge < -0.3 is 4.74 Å². The Morgan fingerprint density at radius 1 is 0.643 bits per heavy atom. The van der Waals surface area contributed by atoms with Gasteiger partial charge in [0.05, 0.1) is 12.3 Å². The zero-order valence-electron chi connectivity index (χ0n) is 27.0. The van der Waals surface area contributed by atoms with Crippen LogP contribution in [0.2, 0.25) is 0 Å². The predicted molar refractivity (Wildman–Crippen MR) is 189 cm³/mol. The van der Waals surface area contributed by atoms with Gasteiger partial charge in [0.2, 0.25) is 0 Å². The van der Waals surface area contributed by atoms with Crippen molar-refractivity contribution < 1.29 is 4.74 Å². The van der Waals surface area contributed by atoms with E-state index in [2.05, 4.69) is 157 Å². The standard InChI is InChI=1S/C40H52OP/c1-32(2)18-17-19-33(3)28-35(5)29-36(6)31-37(41-7)30-34(4)26-27-42(38-20-11-8-12-21-38,39-22-13-9-14-23-39)40-24-15-10-16-25-40/h8-16,18,20-26,28,31,35,37H,17,19,27,29-30H2,1-7H3/q+1/b33-28+,34-26+,36-31+. The summed E-state index contributed by atoms with van der Waals surface area (Å²) in [6, 6.07) is 33.4. The zero-order chi connectivity index (χ0) is 30.4. The summed E-state index contributed by atoms with van der Waals surface area (Å²) < 4.78 is 5.99. The summed E-state index contributed by atoms with van der Waals surface area (Å²) in [7, 11) is -0.0347. The van der Waals surface area contributed by atoms with Crippen LogP contribution in [0.3, 0.4) is 0 Å². The Morgan fingerprint density at radius 3 is 1.60 bits per heavy atom. The van der Waals surface area contributed by atoms with E-state index in [-0.39, 0.29) is 6.10 Å². The summed E-state index contributed by atoms with van der Waals surface area (Å²) in [5, 5.41) is 4.26. The second-order valence-corrected chi connectivity index (χ2v) is 15.6. The number of ether oxygens (including phenoxy) is 1. The first-order valence-electron chi connectivity index (χ1n) is 15.5. The fraction of sp³-hybridized carbons (Fsp3) is 0.350. The van der Waals surface area contributed by atoms with Crippen LogP contribution in [0.15, 0.2) is 138 Å². The lowest BCUT2D eigenvalue weighted by Crippen LogP contribution is -2.33. The molecule has 0 aliphatic rings. The highest BCUT2D eigenvalue weighted by atomic mass is 31.2. The van der Waals surface area contributed by atoms with Crippen molar-refractivity contribution in [1.29, 1.82) is 0 Å². The third kappa shape index (κ3) is 10.1. The molecule has 0 amide bonds. The molecule has 2 heteroatoms. The summed E-state index contributed by atoms with van der Waals surface area (Å²) >= 11 is 0. The van der Waals surface area contributed by atoms with E-state index < -0.39 is 7.26 Å². The molecule has 0 bridgehead atoms. The van der Waals surface area contributed by atoms with Crippen LogP contribution in [0.4, 0.5) is 0 Å². The molecule has 0 saturated heterocycles. The van der Waals surface area contributed by atoms with Gasteiger partial charge in [-0.2, -0.15) is 0 Å². The molecule has 0 radical (unpaired) electrons. The van der Waals surface area contributed by atoms with Gasteiger partial charge in [0.25, 0.3) is 0 Å². The van der Waals surface area contributed by atoms with Gasteiger partial charge in [-0.05, 0) is 109 Å². The molecule has 1 nitrogen and oxygen atoms in total. The summed E-state index contributed by atoms with van der Waals surface area (Å²) in [4.78, 5) is 0. The van der Waals surface area contributed by atoms with Crippen LogP contribution in [0.25, 0.3) is 0 Å². The van der Waals surface area contributed by atoms with Crippen molar-refractivity contribution in [2.75, 3.05) is 13.3 Å². The SMILES string of the molecule is COC(/C=C(\C)CC(C)/C=C(\C)CCC=C(C)C)C/C(C)=C/C[P+](c1ccccc1)(c1ccccc1)c1ccccc1. The van der Waals surface area contributed by atoms with Gasteiger partial charge in [-0.3, -0.25) is 0 Å². The Kier molecular flexibility index (Phi) is 13.7. The average Bonchev–Trinajstić information content (AvgIpc) is 2.98. The lowest BCUT2D eigenvalue weighted by molar-refractivity contribution is 0.140. The van der Waals surface area contributed by atoms with E-state index in [0.29, 0.717) is 5.92 Å². The second kappa shape index (κ2) is 17.2. The van der Waals surface area contributed by atoms with Gasteiger partial charge in [-0.25, -0.2) is 0 Å². The third-order valence-corrected chi connectivity index (χ3v) is 12.2. The molecular formula is C40H52OP+. The molecule has 0 aliphatic carbocycles. The van der Waals surface area contributed by atoms with Crippen LogP contribution in [-0.4, -0.2) is 19.4 Å². The molecule has 222 valence electrons. The van der Waals surface area contributed by atoms with Gasteiger partial charge in [-0.1, -0.05) is 102 Å². The predicted octanol–water partition coefficient (Wildman–Crippen LogP) is 10.00. The van der Waals surface area contributed by atoms with Gasteiger partial charge in [-0.15, -0.1) is 0 Å². The van der Waals surface area contributed by atoms with E-state index in [1.165, 1.54) is 38.2 Å². The molecule has 0 aliphatic heterocycles. The fourth-order valence-corrected chi connectivity index (χ4v) is 9.98. The van der Waals surface area contributed by atoms with Crippen LogP contribution in [0, 0.1) is 5.92 Å². The van der Waals surface area contributed by atoms with E-state index in [0.717, 1.165) is 31.8 Å². The van der Waals surface area contributed by atoms with Gasteiger partial charge >= 0.3 is 0 Å². The maximum absolute atomic E-state index is 5.99. The first kappa shape index (κ1) is 33.5. The van der Waals surface area contributed by atoms with Crippen LogP contribution in [-0.2, 0) is 4.74 Å². The van der Waals surface area contributed by atoms with E-state index in [1.807, 2.05) is 7.11 Å². The van der Waals surface area contributed by atoms with Crippen molar-refractivity contribution >= 4 is 23.2 Å². The summed E-state index contributed by atoms with van der Waals surface area (Å²) in [6.07, 6.45) is 14.9. The highest BCUT2D eigenvalue weighted by molar-refractivity contribution is 7.95. The quantitative estimate of drug-likeness (QED) is 0.129. The van der Waals surface area contributed by atoms with E-state index >= 15 is 0 Å². The molecule has 0 N–H and O–H groups in total. The first-order chi connectivity index (χ1) is 20.2. The molecule has 3 aromatic carbocycles. The minimum atomic E-state index is -1.88. The Balaban J connectivity index is 1.80. The largest absolute Gasteiger partial charge is 0.377 e. The minimum absolute atomic E-state index is 0.0779. The van der Waals surface area contributed by atoms with E-state index in [9.17, 15) is 0 Å². The fourth-order valence-electron chi connectivity index (χ4n) is 5.82. The number of benzene rings is 3. The van der Waals surface area contributed by atoms with Gasteiger partial charge in [0.1, 0.15) is 23.2 Å². The normalized spacial score (nSPS) is 14.4. The molecule has 3 aromatic rings. The molecule has 0 spiro atoms. The van der Waals surface area contributed by atoms with Crippen LogP contribution >= 0.6 is 7.26 Å². The molecule has 2 unspecified atom stereocenters. The van der Waals surface area contributed by atoms with E-state index in [4.69, 9.17) is 4.74 Å². The van der Waals surface area contributed by atoms with Crippen molar-refractivity contribution in [2.45, 2.75) is 73.3 Å². The molecule has 0 saturated carbocycles. The highest BCUT2D eigenvalue weighted by Crippen LogP contribution is 2.55. The lowest BCUT2D eigenvalue weighted by atomic mass is 9.96. The maximum atomic E-state index is 5.99. The van der Waals surface area contributed by atoms with Crippen LogP contribution in [0.5, 0.6) is 0 Å². The second-order valence-electron chi connectivity index (χ2n) is 12.1. The maximum Gasteiger partial charge on any atom is 0.115 e. The Morgan fingerprint density at radius 2 is 1.14 bits per heavy atom. The Hall–Kier alpha value is -2.99. The molecular weight excluding hydrogens is 527 g/mol. The van der Waals surface area contributed by atoms with Crippen molar-refractivity contribution in [3.05, 3.63) is 138 Å². The topological polar surface area (TPSA) is 9.23 Å². The number of rotatable bonds is 15. The van der Waals surface area contributed by atoms with Crippen LogP contribution in [0.1, 0.15) is 67.2 Å². The summed E-state index contributed by atoms with van der Waals surface area (Å²) in [5.41, 5.74) is 5.66. The highest BCUT2D eigenvalue weighted by Gasteiger charge is 2.44. The molecule has 2 atom stereocenters. The number of methoxy groups -OCH3 is 1. The molecule has 0 aromatic heterocycles. The molecule has 42 heavy (non-hydrogen) atoms. The number of allylic oxidation sites excluding steroid dienone is 6. The van der Waals surface area contributed by atoms with Gasteiger partial charge in [0, 0.05) is 7.11 Å². The third-order valence-electron chi connectivity index (χ3n) is 7.91. The zero-order valence-corrected chi connectivity index (χ0v) is 27.9. The smallest absolute Gasteiger partial charge is 0.115 e.